The Labute approximate surface area is 128 Å². The third-order valence-corrected chi connectivity index (χ3v) is 3.85. The van der Waals surface area contributed by atoms with Crippen molar-refractivity contribution in [2.75, 3.05) is 0 Å². The molecule has 1 amide bonds. The zero-order valence-corrected chi connectivity index (χ0v) is 12.2. The number of hydrogen-bond acceptors (Lipinski definition) is 1. The highest BCUT2D eigenvalue weighted by atomic mass is 35.5. The van der Waals surface area contributed by atoms with Crippen LogP contribution in [-0.2, 0) is 6.54 Å². The second-order valence-electron chi connectivity index (χ2n) is 5.27. The van der Waals surface area contributed by atoms with Crippen LogP contribution in [0.2, 0.25) is 5.02 Å². The second-order valence-corrected chi connectivity index (χ2v) is 5.70. The molecular weight excluding hydrogens is 289 g/mol. The van der Waals surface area contributed by atoms with Gasteiger partial charge in [-0.3, -0.25) is 4.79 Å². The second kappa shape index (κ2) is 5.86. The molecule has 2 aromatic rings. The quantitative estimate of drug-likeness (QED) is 0.825. The molecule has 0 saturated heterocycles. The maximum atomic E-state index is 13.8. The van der Waals surface area contributed by atoms with Crippen molar-refractivity contribution in [3.05, 3.63) is 70.5 Å². The molecule has 21 heavy (non-hydrogen) atoms. The van der Waals surface area contributed by atoms with Gasteiger partial charge in [0.05, 0.1) is 0 Å². The van der Waals surface area contributed by atoms with E-state index in [0.717, 1.165) is 12.8 Å². The van der Waals surface area contributed by atoms with Crippen molar-refractivity contribution in [2.24, 2.45) is 0 Å². The Morgan fingerprint density at radius 3 is 2.62 bits per heavy atom. The van der Waals surface area contributed by atoms with Gasteiger partial charge in [0.1, 0.15) is 5.82 Å². The van der Waals surface area contributed by atoms with Crippen LogP contribution in [0, 0.1) is 5.82 Å². The third kappa shape index (κ3) is 3.24. The molecule has 108 valence electrons. The van der Waals surface area contributed by atoms with E-state index in [1.807, 2.05) is 0 Å². The Bertz CT molecular complexity index is 669. The Hall–Kier alpha value is -1.87. The summed E-state index contributed by atoms with van der Waals surface area (Å²) < 4.78 is 13.8. The summed E-state index contributed by atoms with van der Waals surface area (Å²) in [5, 5.41) is 0.530. The molecule has 1 aliphatic carbocycles. The number of benzene rings is 2. The molecule has 0 N–H and O–H groups in total. The van der Waals surface area contributed by atoms with Crippen LogP contribution in [0.4, 0.5) is 4.39 Å². The maximum Gasteiger partial charge on any atom is 0.254 e. The summed E-state index contributed by atoms with van der Waals surface area (Å²) in [5.74, 6) is -0.370. The molecule has 4 heteroatoms. The van der Waals surface area contributed by atoms with Crippen molar-refractivity contribution in [3.63, 3.8) is 0 Å². The molecule has 1 fully saturated rings. The summed E-state index contributed by atoms with van der Waals surface area (Å²) in [4.78, 5) is 14.4. The topological polar surface area (TPSA) is 20.3 Å². The van der Waals surface area contributed by atoms with Crippen molar-refractivity contribution in [1.29, 1.82) is 0 Å². The van der Waals surface area contributed by atoms with Gasteiger partial charge in [0.2, 0.25) is 0 Å². The molecule has 1 aliphatic rings. The summed E-state index contributed by atoms with van der Waals surface area (Å²) in [6.45, 7) is 0.294. The molecule has 0 aliphatic heterocycles. The Balaban J connectivity index is 1.85. The van der Waals surface area contributed by atoms with E-state index in [-0.39, 0.29) is 17.8 Å². The monoisotopic (exact) mass is 303 g/mol. The summed E-state index contributed by atoms with van der Waals surface area (Å²) in [6, 6.07) is 13.7. The zero-order valence-electron chi connectivity index (χ0n) is 11.4. The van der Waals surface area contributed by atoms with Crippen LogP contribution in [0.3, 0.4) is 0 Å². The van der Waals surface area contributed by atoms with Gasteiger partial charge < -0.3 is 4.90 Å². The molecule has 0 atom stereocenters. The Kier molecular flexibility index (Phi) is 3.93. The highest BCUT2D eigenvalue weighted by Crippen LogP contribution is 2.30. The van der Waals surface area contributed by atoms with Gasteiger partial charge in [-0.1, -0.05) is 35.9 Å². The fourth-order valence-electron chi connectivity index (χ4n) is 2.35. The van der Waals surface area contributed by atoms with Crippen molar-refractivity contribution in [3.8, 4) is 0 Å². The van der Waals surface area contributed by atoms with Crippen LogP contribution in [0.15, 0.2) is 48.5 Å². The summed E-state index contributed by atoms with van der Waals surface area (Å²) in [5.41, 5.74) is 1.09. The van der Waals surface area contributed by atoms with Gasteiger partial charge in [0.25, 0.3) is 5.91 Å². The molecule has 0 bridgehead atoms. The Morgan fingerprint density at radius 2 is 1.95 bits per heavy atom. The number of hydrogen-bond donors (Lipinski definition) is 0. The largest absolute Gasteiger partial charge is 0.331 e. The molecule has 3 rings (SSSR count). The van der Waals surface area contributed by atoms with Crippen molar-refractivity contribution >= 4 is 17.5 Å². The lowest BCUT2D eigenvalue weighted by Gasteiger charge is -2.23. The maximum absolute atomic E-state index is 13.8. The van der Waals surface area contributed by atoms with E-state index >= 15 is 0 Å². The third-order valence-electron chi connectivity index (χ3n) is 3.62. The summed E-state index contributed by atoms with van der Waals surface area (Å²) in [6.07, 6.45) is 1.95. The van der Waals surface area contributed by atoms with Crippen molar-refractivity contribution in [2.45, 2.75) is 25.4 Å². The number of halogens is 2. The molecule has 1 saturated carbocycles. The van der Waals surface area contributed by atoms with Gasteiger partial charge in [0.15, 0.2) is 0 Å². The SMILES string of the molecule is O=C(c1cccc(Cl)c1)N(Cc1ccccc1F)C1CC1. The molecule has 0 unspecified atom stereocenters. The number of nitrogens with zero attached hydrogens (tertiary/aromatic N) is 1. The fraction of sp³-hybridized carbons (Fsp3) is 0.235. The van der Waals surface area contributed by atoms with Gasteiger partial charge in [-0.15, -0.1) is 0 Å². The van der Waals surface area contributed by atoms with Crippen LogP contribution in [0.1, 0.15) is 28.8 Å². The van der Waals surface area contributed by atoms with Gasteiger partial charge in [-0.25, -0.2) is 4.39 Å². The lowest BCUT2D eigenvalue weighted by molar-refractivity contribution is 0.0728. The van der Waals surface area contributed by atoms with Crippen LogP contribution in [0.5, 0.6) is 0 Å². The molecule has 2 nitrogen and oxygen atoms in total. The normalized spacial score (nSPS) is 14.0. The van der Waals surface area contributed by atoms with E-state index < -0.39 is 0 Å². The average Bonchev–Trinajstić information content (AvgIpc) is 3.30. The summed E-state index contributed by atoms with van der Waals surface area (Å²) in [7, 11) is 0. The zero-order chi connectivity index (χ0) is 14.8. The molecular formula is C17H15ClFNO. The minimum absolute atomic E-state index is 0.0942. The first kappa shape index (κ1) is 14.1. The lowest BCUT2D eigenvalue weighted by Crippen LogP contribution is -2.32. The first-order valence-electron chi connectivity index (χ1n) is 6.95. The minimum Gasteiger partial charge on any atom is -0.331 e. The Morgan fingerprint density at radius 1 is 1.19 bits per heavy atom. The van der Waals surface area contributed by atoms with Crippen molar-refractivity contribution in [1.82, 2.24) is 4.90 Å². The first-order chi connectivity index (χ1) is 10.1. The van der Waals surface area contributed by atoms with Gasteiger partial charge in [-0.2, -0.15) is 0 Å². The van der Waals surface area contributed by atoms with E-state index in [0.29, 0.717) is 22.7 Å². The fourth-order valence-corrected chi connectivity index (χ4v) is 2.54. The average molecular weight is 304 g/mol. The predicted molar refractivity (Wildman–Crippen MR) is 80.7 cm³/mol. The molecule has 0 radical (unpaired) electrons. The standard InChI is InChI=1S/C17H15ClFNO/c18-14-6-3-5-12(10-14)17(21)20(15-8-9-15)11-13-4-1-2-7-16(13)19/h1-7,10,15H,8-9,11H2. The molecule has 0 spiro atoms. The highest BCUT2D eigenvalue weighted by molar-refractivity contribution is 6.30. The number of rotatable bonds is 4. The van der Waals surface area contributed by atoms with Gasteiger partial charge >= 0.3 is 0 Å². The van der Waals surface area contributed by atoms with Crippen molar-refractivity contribution < 1.29 is 9.18 Å². The lowest BCUT2D eigenvalue weighted by atomic mass is 10.1. The van der Waals surface area contributed by atoms with E-state index in [2.05, 4.69) is 0 Å². The van der Waals surface area contributed by atoms with Gasteiger partial charge in [0, 0.05) is 28.7 Å². The van der Waals surface area contributed by atoms with Crippen LogP contribution < -0.4 is 0 Å². The molecule has 0 aromatic heterocycles. The smallest absolute Gasteiger partial charge is 0.254 e. The number of carbonyl (C=O) groups is 1. The van der Waals surface area contributed by atoms with Crippen LogP contribution in [0.25, 0.3) is 0 Å². The first-order valence-corrected chi connectivity index (χ1v) is 7.33. The van der Waals surface area contributed by atoms with E-state index in [4.69, 9.17) is 11.6 Å². The van der Waals surface area contributed by atoms with E-state index in [9.17, 15) is 9.18 Å². The summed E-state index contributed by atoms with van der Waals surface area (Å²) >= 11 is 5.94. The van der Waals surface area contributed by atoms with Crippen LogP contribution >= 0.6 is 11.6 Å². The number of amides is 1. The molecule has 2 aromatic carbocycles. The highest BCUT2D eigenvalue weighted by Gasteiger charge is 2.33. The van der Waals surface area contributed by atoms with E-state index in [1.165, 1.54) is 6.07 Å². The minimum atomic E-state index is -0.276. The van der Waals surface area contributed by atoms with Gasteiger partial charge in [-0.05, 0) is 37.1 Å². The van der Waals surface area contributed by atoms with Crippen LogP contribution in [-0.4, -0.2) is 16.8 Å². The van der Waals surface area contributed by atoms with E-state index in [1.54, 1.807) is 47.4 Å². The molecule has 0 heterocycles. The predicted octanol–water partition coefficient (Wildman–Crippen LogP) is 4.28. The number of carbonyl (C=O) groups excluding carboxylic acids is 1.